The standard InChI is InChI=1S/C14H13N3O/c15-13-11(2-1-10-3-6-16-7-4-10)9-17-14-12(13)5-8-18-14/h3-9H,1-2H2,(H2,15,17). The molecule has 0 unspecified atom stereocenters. The fraction of sp³-hybridized carbons (Fsp3) is 0.143. The SMILES string of the molecule is Nc1c(CCc2ccncc2)cnc2occc12. The predicted molar refractivity (Wildman–Crippen MR) is 70.1 cm³/mol. The number of furan rings is 1. The summed E-state index contributed by atoms with van der Waals surface area (Å²) < 4.78 is 5.22. The number of anilines is 1. The molecule has 0 atom stereocenters. The number of hydrogen-bond donors (Lipinski definition) is 1. The van der Waals surface area contributed by atoms with Crippen molar-refractivity contribution < 1.29 is 4.42 Å². The van der Waals surface area contributed by atoms with Crippen LogP contribution in [0.15, 0.2) is 47.5 Å². The Morgan fingerprint density at radius 1 is 1.11 bits per heavy atom. The molecule has 4 nitrogen and oxygen atoms in total. The molecule has 0 amide bonds. The largest absolute Gasteiger partial charge is 0.446 e. The number of hydrogen-bond acceptors (Lipinski definition) is 4. The zero-order valence-electron chi connectivity index (χ0n) is 9.84. The van der Waals surface area contributed by atoms with E-state index in [2.05, 4.69) is 9.97 Å². The summed E-state index contributed by atoms with van der Waals surface area (Å²) in [5, 5.41) is 0.891. The fourth-order valence-electron chi connectivity index (χ4n) is 2.01. The minimum atomic E-state index is 0.597. The normalized spacial score (nSPS) is 10.9. The molecule has 0 radical (unpaired) electrons. The van der Waals surface area contributed by atoms with E-state index in [0.29, 0.717) is 5.71 Å². The Labute approximate surface area is 104 Å². The first-order valence-corrected chi connectivity index (χ1v) is 5.84. The highest BCUT2D eigenvalue weighted by Crippen LogP contribution is 2.24. The van der Waals surface area contributed by atoms with Crippen LogP contribution >= 0.6 is 0 Å². The van der Waals surface area contributed by atoms with Gasteiger partial charge in [-0.05, 0) is 42.2 Å². The van der Waals surface area contributed by atoms with Crippen LogP contribution in [0.25, 0.3) is 11.1 Å². The quantitative estimate of drug-likeness (QED) is 0.763. The van der Waals surface area contributed by atoms with Crippen molar-refractivity contribution in [1.82, 2.24) is 9.97 Å². The Morgan fingerprint density at radius 2 is 1.94 bits per heavy atom. The van der Waals surface area contributed by atoms with Crippen LogP contribution in [0.1, 0.15) is 11.1 Å². The van der Waals surface area contributed by atoms with Gasteiger partial charge in [-0.2, -0.15) is 0 Å². The number of nitrogens with two attached hydrogens (primary N) is 1. The van der Waals surface area contributed by atoms with Gasteiger partial charge >= 0.3 is 0 Å². The van der Waals surface area contributed by atoms with Crippen LogP contribution in [0.4, 0.5) is 5.69 Å². The molecular weight excluding hydrogens is 226 g/mol. The molecule has 3 rings (SSSR count). The summed E-state index contributed by atoms with van der Waals surface area (Å²) in [5.74, 6) is 0. The minimum Gasteiger partial charge on any atom is -0.446 e. The van der Waals surface area contributed by atoms with Crippen molar-refractivity contribution >= 4 is 16.8 Å². The highest BCUT2D eigenvalue weighted by molar-refractivity contribution is 5.88. The van der Waals surface area contributed by atoms with Crippen LogP contribution in [0.3, 0.4) is 0 Å². The molecule has 0 aliphatic rings. The highest BCUT2D eigenvalue weighted by Gasteiger charge is 2.07. The summed E-state index contributed by atoms with van der Waals surface area (Å²) in [4.78, 5) is 8.26. The minimum absolute atomic E-state index is 0.597. The molecule has 0 aliphatic heterocycles. The topological polar surface area (TPSA) is 64.9 Å². The Balaban J connectivity index is 1.84. The van der Waals surface area contributed by atoms with E-state index in [-0.39, 0.29) is 0 Å². The van der Waals surface area contributed by atoms with E-state index < -0.39 is 0 Å². The van der Waals surface area contributed by atoms with Crippen LogP contribution in [0, 0.1) is 0 Å². The number of nitrogen functional groups attached to an aromatic ring is 1. The van der Waals surface area contributed by atoms with E-state index in [0.717, 1.165) is 29.5 Å². The molecule has 0 aromatic carbocycles. The second-order valence-corrected chi connectivity index (χ2v) is 4.19. The molecular formula is C14H13N3O. The van der Waals surface area contributed by atoms with E-state index >= 15 is 0 Å². The summed E-state index contributed by atoms with van der Waals surface area (Å²) in [6.07, 6.45) is 8.80. The van der Waals surface area contributed by atoms with Gasteiger partial charge in [-0.25, -0.2) is 4.98 Å². The van der Waals surface area contributed by atoms with Gasteiger partial charge in [0.25, 0.3) is 0 Å². The number of aryl methyl sites for hydroxylation is 2. The molecule has 2 N–H and O–H groups in total. The Morgan fingerprint density at radius 3 is 2.78 bits per heavy atom. The maximum absolute atomic E-state index is 6.12. The Kier molecular flexibility index (Phi) is 2.68. The lowest BCUT2D eigenvalue weighted by atomic mass is 10.0. The first kappa shape index (κ1) is 10.8. The monoisotopic (exact) mass is 239 g/mol. The lowest BCUT2D eigenvalue weighted by molar-refractivity contribution is 0.603. The van der Waals surface area contributed by atoms with Crippen LogP contribution in [-0.4, -0.2) is 9.97 Å². The average Bonchev–Trinajstić information content (AvgIpc) is 2.88. The van der Waals surface area contributed by atoms with Crippen molar-refractivity contribution in [3.05, 3.63) is 54.2 Å². The van der Waals surface area contributed by atoms with Crippen molar-refractivity contribution in [2.75, 3.05) is 5.73 Å². The molecule has 4 heteroatoms. The second kappa shape index (κ2) is 4.49. The highest BCUT2D eigenvalue weighted by atomic mass is 16.3. The third-order valence-electron chi connectivity index (χ3n) is 3.05. The number of fused-ring (bicyclic) bond motifs is 1. The van der Waals surface area contributed by atoms with Gasteiger partial charge in [0.2, 0.25) is 5.71 Å². The van der Waals surface area contributed by atoms with Crippen molar-refractivity contribution in [3.63, 3.8) is 0 Å². The van der Waals surface area contributed by atoms with Gasteiger partial charge in [-0.15, -0.1) is 0 Å². The number of aromatic nitrogens is 2. The summed E-state index contributed by atoms with van der Waals surface area (Å²) in [6, 6.07) is 5.88. The summed E-state index contributed by atoms with van der Waals surface area (Å²) in [6.45, 7) is 0. The zero-order chi connectivity index (χ0) is 12.4. The number of nitrogens with zero attached hydrogens (tertiary/aromatic N) is 2. The van der Waals surface area contributed by atoms with Crippen molar-refractivity contribution in [2.24, 2.45) is 0 Å². The molecule has 0 fully saturated rings. The third-order valence-corrected chi connectivity index (χ3v) is 3.05. The van der Waals surface area contributed by atoms with Crippen LogP contribution in [-0.2, 0) is 12.8 Å². The second-order valence-electron chi connectivity index (χ2n) is 4.19. The van der Waals surface area contributed by atoms with Crippen LogP contribution in [0.2, 0.25) is 0 Å². The molecule has 18 heavy (non-hydrogen) atoms. The summed E-state index contributed by atoms with van der Waals surface area (Å²) >= 11 is 0. The van der Waals surface area contributed by atoms with Crippen LogP contribution < -0.4 is 5.73 Å². The van der Waals surface area contributed by atoms with Gasteiger partial charge in [0.05, 0.1) is 11.6 Å². The zero-order valence-corrected chi connectivity index (χ0v) is 9.84. The average molecular weight is 239 g/mol. The molecule has 0 saturated carbocycles. The first-order chi connectivity index (χ1) is 8.84. The molecule has 0 spiro atoms. The van der Waals surface area contributed by atoms with Crippen molar-refractivity contribution in [1.29, 1.82) is 0 Å². The van der Waals surface area contributed by atoms with Gasteiger partial charge < -0.3 is 10.2 Å². The van der Waals surface area contributed by atoms with E-state index in [1.54, 1.807) is 24.9 Å². The van der Waals surface area contributed by atoms with E-state index in [4.69, 9.17) is 10.2 Å². The predicted octanol–water partition coefficient (Wildman–Crippen LogP) is 2.59. The van der Waals surface area contributed by atoms with Gasteiger partial charge in [0.15, 0.2) is 0 Å². The van der Waals surface area contributed by atoms with Gasteiger partial charge in [0, 0.05) is 24.3 Å². The first-order valence-electron chi connectivity index (χ1n) is 5.84. The smallest absolute Gasteiger partial charge is 0.227 e. The van der Waals surface area contributed by atoms with Gasteiger partial charge in [0.1, 0.15) is 0 Å². The third kappa shape index (κ3) is 1.93. The van der Waals surface area contributed by atoms with Gasteiger partial charge in [-0.3, -0.25) is 4.98 Å². The molecule has 0 aliphatic carbocycles. The van der Waals surface area contributed by atoms with E-state index in [1.807, 2.05) is 18.2 Å². The lowest BCUT2D eigenvalue weighted by Gasteiger charge is -2.05. The maximum Gasteiger partial charge on any atom is 0.227 e. The Bertz CT molecular complexity index is 661. The number of pyridine rings is 2. The molecule has 0 bridgehead atoms. The molecule has 3 aromatic rings. The fourth-order valence-corrected chi connectivity index (χ4v) is 2.01. The summed E-state index contributed by atoms with van der Waals surface area (Å²) in [5.41, 5.74) is 9.78. The lowest BCUT2D eigenvalue weighted by Crippen LogP contribution is -1.99. The van der Waals surface area contributed by atoms with E-state index in [9.17, 15) is 0 Å². The molecule has 3 aromatic heterocycles. The van der Waals surface area contributed by atoms with Crippen LogP contribution in [0.5, 0.6) is 0 Å². The molecule has 90 valence electrons. The summed E-state index contributed by atoms with van der Waals surface area (Å²) in [7, 11) is 0. The molecule has 3 heterocycles. The Hall–Kier alpha value is -2.36. The number of rotatable bonds is 3. The van der Waals surface area contributed by atoms with E-state index in [1.165, 1.54) is 5.56 Å². The van der Waals surface area contributed by atoms with Crippen molar-refractivity contribution in [2.45, 2.75) is 12.8 Å². The maximum atomic E-state index is 6.12. The molecule has 0 saturated heterocycles. The van der Waals surface area contributed by atoms with Gasteiger partial charge in [-0.1, -0.05) is 0 Å². The van der Waals surface area contributed by atoms with Crippen molar-refractivity contribution in [3.8, 4) is 0 Å².